The zero-order chi connectivity index (χ0) is 17.6. The minimum Gasteiger partial charge on any atom is -0.393 e. The second-order valence-electron chi connectivity index (χ2n) is 6.02. The number of rotatable bonds is 6. The average molecular weight is 338 g/mol. The first-order valence-electron chi connectivity index (χ1n) is 8.34. The topological polar surface area (TPSA) is 79.2 Å². The SMILES string of the molecule is CC(O)CCNC(=O)NCc1ccc(-n2cnc3ccccc32)cc1. The first kappa shape index (κ1) is 17.0. The Morgan fingerprint density at radius 3 is 2.68 bits per heavy atom. The van der Waals surface area contributed by atoms with Gasteiger partial charge in [0.05, 0.1) is 17.1 Å². The van der Waals surface area contributed by atoms with Crippen LogP contribution < -0.4 is 10.6 Å². The maximum absolute atomic E-state index is 11.7. The fourth-order valence-electron chi connectivity index (χ4n) is 2.58. The predicted octanol–water partition coefficient (Wildman–Crippen LogP) is 2.60. The molecule has 0 radical (unpaired) electrons. The van der Waals surface area contributed by atoms with E-state index in [0.29, 0.717) is 19.5 Å². The normalized spacial score (nSPS) is 12.1. The number of carbonyl (C=O) groups excluding carboxylic acids is 1. The molecule has 0 bridgehead atoms. The number of urea groups is 1. The minimum absolute atomic E-state index is 0.231. The van der Waals surface area contributed by atoms with Gasteiger partial charge in [0.25, 0.3) is 0 Å². The third kappa shape index (κ3) is 4.36. The molecule has 1 heterocycles. The molecule has 0 aliphatic carbocycles. The van der Waals surface area contributed by atoms with Crippen molar-refractivity contribution >= 4 is 17.1 Å². The largest absolute Gasteiger partial charge is 0.393 e. The maximum Gasteiger partial charge on any atom is 0.315 e. The number of hydrogen-bond donors (Lipinski definition) is 3. The number of aliphatic hydroxyl groups is 1. The molecular weight excluding hydrogens is 316 g/mol. The second kappa shape index (κ2) is 7.81. The van der Waals surface area contributed by atoms with Crippen molar-refractivity contribution in [3.8, 4) is 5.69 Å². The summed E-state index contributed by atoms with van der Waals surface area (Å²) in [5.74, 6) is 0. The lowest BCUT2D eigenvalue weighted by molar-refractivity contribution is 0.183. The summed E-state index contributed by atoms with van der Waals surface area (Å²) in [6.45, 7) is 2.60. The molecule has 2 aromatic carbocycles. The predicted molar refractivity (Wildman–Crippen MR) is 97.6 cm³/mol. The summed E-state index contributed by atoms with van der Waals surface area (Å²) < 4.78 is 2.04. The van der Waals surface area contributed by atoms with E-state index in [1.54, 1.807) is 6.92 Å². The van der Waals surface area contributed by atoms with Crippen LogP contribution in [0.4, 0.5) is 4.79 Å². The molecular formula is C19H22N4O2. The second-order valence-corrected chi connectivity index (χ2v) is 6.02. The molecule has 3 aromatic rings. The van der Waals surface area contributed by atoms with Crippen LogP contribution in [0.3, 0.4) is 0 Å². The van der Waals surface area contributed by atoms with Gasteiger partial charge in [-0.05, 0) is 43.2 Å². The highest BCUT2D eigenvalue weighted by Gasteiger charge is 2.05. The molecule has 25 heavy (non-hydrogen) atoms. The minimum atomic E-state index is -0.410. The molecule has 6 heteroatoms. The number of benzene rings is 2. The molecule has 0 fully saturated rings. The van der Waals surface area contributed by atoms with Crippen molar-refractivity contribution < 1.29 is 9.90 Å². The first-order valence-corrected chi connectivity index (χ1v) is 8.34. The molecule has 0 spiro atoms. The van der Waals surface area contributed by atoms with Crippen molar-refractivity contribution in [1.29, 1.82) is 0 Å². The molecule has 3 N–H and O–H groups in total. The smallest absolute Gasteiger partial charge is 0.315 e. The summed E-state index contributed by atoms with van der Waals surface area (Å²) in [4.78, 5) is 16.1. The van der Waals surface area contributed by atoms with Crippen LogP contribution >= 0.6 is 0 Å². The van der Waals surface area contributed by atoms with Gasteiger partial charge in [0, 0.05) is 18.8 Å². The standard InChI is InChI=1S/C19H22N4O2/c1-14(24)10-11-20-19(25)21-12-15-6-8-16(9-7-15)23-13-22-17-4-2-3-5-18(17)23/h2-9,13-14,24H,10-12H2,1H3,(H2,20,21,25). The lowest BCUT2D eigenvalue weighted by Gasteiger charge is -2.09. The van der Waals surface area contributed by atoms with E-state index in [-0.39, 0.29) is 6.03 Å². The summed E-state index contributed by atoms with van der Waals surface area (Å²) in [7, 11) is 0. The van der Waals surface area contributed by atoms with Gasteiger partial charge in [-0.3, -0.25) is 4.57 Å². The first-order chi connectivity index (χ1) is 12.1. The quantitative estimate of drug-likeness (QED) is 0.646. The van der Waals surface area contributed by atoms with E-state index in [1.165, 1.54) is 0 Å². The summed E-state index contributed by atoms with van der Waals surface area (Å²) in [5, 5.41) is 14.7. The molecule has 1 unspecified atom stereocenters. The van der Waals surface area contributed by atoms with Gasteiger partial charge in [-0.15, -0.1) is 0 Å². The number of aromatic nitrogens is 2. The number of carbonyl (C=O) groups is 1. The van der Waals surface area contributed by atoms with Gasteiger partial charge in [-0.25, -0.2) is 9.78 Å². The van der Waals surface area contributed by atoms with Crippen LogP contribution in [0, 0.1) is 0 Å². The number of nitrogens with one attached hydrogen (secondary N) is 2. The third-order valence-electron chi connectivity index (χ3n) is 3.97. The van der Waals surface area contributed by atoms with E-state index in [4.69, 9.17) is 5.11 Å². The molecule has 1 atom stereocenters. The van der Waals surface area contributed by atoms with E-state index in [9.17, 15) is 4.79 Å². The van der Waals surface area contributed by atoms with Crippen LogP contribution in [-0.4, -0.2) is 33.3 Å². The number of nitrogens with zero attached hydrogens (tertiary/aromatic N) is 2. The van der Waals surface area contributed by atoms with Crippen LogP contribution in [0.1, 0.15) is 18.9 Å². The molecule has 2 amide bonds. The van der Waals surface area contributed by atoms with Gasteiger partial charge in [0.1, 0.15) is 6.33 Å². The number of fused-ring (bicyclic) bond motifs is 1. The van der Waals surface area contributed by atoms with Gasteiger partial charge in [0.2, 0.25) is 0 Å². The van der Waals surface area contributed by atoms with Crippen molar-refractivity contribution in [2.45, 2.75) is 26.0 Å². The third-order valence-corrected chi connectivity index (χ3v) is 3.97. The number of para-hydroxylation sites is 2. The zero-order valence-corrected chi connectivity index (χ0v) is 14.1. The maximum atomic E-state index is 11.7. The van der Waals surface area contributed by atoms with Crippen LogP contribution in [-0.2, 0) is 6.54 Å². The van der Waals surface area contributed by atoms with Gasteiger partial charge in [-0.1, -0.05) is 24.3 Å². The molecule has 0 saturated heterocycles. The fraction of sp³-hybridized carbons (Fsp3) is 0.263. The van der Waals surface area contributed by atoms with Crippen LogP contribution in [0.2, 0.25) is 0 Å². The molecule has 3 rings (SSSR count). The summed E-state index contributed by atoms with van der Waals surface area (Å²) >= 11 is 0. The summed E-state index contributed by atoms with van der Waals surface area (Å²) in [5.41, 5.74) is 4.06. The number of hydrogen-bond acceptors (Lipinski definition) is 3. The number of amides is 2. The van der Waals surface area contributed by atoms with Crippen LogP contribution in [0.5, 0.6) is 0 Å². The molecule has 0 saturated carbocycles. The monoisotopic (exact) mass is 338 g/mol. The van der Waals surface area contributed by atoms with E-state index >= 15 is 0 Å². The van der Waals surface area contributed by atoms with Gasteiger partial charge in [0.15, 0.2) is 0 Å². The lowest BCUT2D eigenvalue weighted by atomic mass is 10.2. The van der Waals surface area contributed by atoms with Gasteiger partial charge in [-0.2, -0.15) is 0 Å². The van der Waals surface area contributed by atoms with Gasteiger partial charge < -0.3 is 15.7 Å². The molecule has 1 aromatic heterocycles. The van der Waals surface area contributed by atoms with E-state index < -0.39 is 6.10 Å². The molecule has 130 valence electrons. The lowest BCUT2D eigenvalue weighted by Crippen LogP contribution is -2.36. The van der Waals surface area contributed by atoms with E-state index in [1.807, 2.05) is 59.4 Å². The van der Waals surface area contributed by atoms with Crippen LogP contribution in [0.15, 0.2) is 54.9 Å². The van der Waals surface area contributed by atoms with Gasteiger partial charge >= 0.3 is 6.03 Å². The Balaban J connectivity index is 1.58. The molecule has 6 nitrogen and oxygen atoms in total. The molecule has 0 aliphatic rings. The average Bonchev–Trinajstić information content (AvgIpc) is 3.04. The highest BCUT2D eigenvalue weighted by atomic mass is 16.3. The Labute approximate surface area is 146 Å². The van der Waals surface area contributed by atoms with Crippen molar-refractivity contribution in [3.63, 3.8) is 0 Å². The fourth-order valence-corrected chi connectivity index (χ4v) is 2.58. The molecule has 0 aliphatic heterocycles. The van der Waals surface area contributed by atoms with Crippen molar-refractivity contribution in [3.05, 3.63) is 60.4 Å². The zero-order valence-electron chi connectivity index (χ0n) is 14.1. The summed E-state index contributed by atoms with van der Waals surface area (Å²) in [6, 6.07) is 15.8. The van der Waals surface area contributed by atoms with Crippen molar-refractivity contribution in [2.24, 2.45) is 0 Å². The number of aliphatic hydroxyl groups excluding tert-OH is 1. The van der Waals surface area contributed by atoms with Crippen molar-refractivity contribution in [1.82, 2.24) is 20.2 Å². The highest BCUT2D eigenvalue weighted by molar-refractivity contribution is 5.77. The Morgan fingerprint density at radius 2 is 1.92 bits per heavy atom. The Morgan fingerprint density at radius 1 is 1.16 bits per heavy atom. The van der Waals surface area contributed by atoms with E-state index in [2.05, 4.69) is 15.6 Å². The Bertz CT molecular complexity index is 840. The highest BCUT2D eigenvalue weighted by Crippen LogP contribution is 2.18. The Hall–Kier alpha value is -2.86. The van der Waals surface area contributed by atoms with E-state index in [0.717, 1.165) is 22.3 Å². The number of imidazole rings is 1. The Kier molecular flexibility index (Phi) is 5.30. The van der Waals surface area contributed by atoms with Crippen molar-refractivity contribution in [2.75, 3.05) is 6.54 Å². The summed E-state index contributed by atoms with van der Waals surface area (Å²) in [6.07, 6.45) is 1.95. The van der Waals surface area contributed by atoms with Crippen LogP contribution in [0.25, 0.3) is 16.7 Å².